The number of carbonyl (C=O) groups excluding carboxylic acids is 1. The monoisotopic (exact) mass is 320 g/mol. The van der Waals surface area contributed by atoms with Crippen LogP contribution in [0.3, 0.4) is 0 Å². The number of aryl methyl sites for hydroxylation is 1. The van der Waals surface area contributed by atoms with E-state index in [0.29, 0.717) is 5.69 Å². The van der Waals surface area contributed by atoms with Gasteiger partial charge in [0.25, 0.3) is 5.91 Å². The molecule has 0 aromatic heterocycles. The van der Waals surface area contributed by atoms with Crippen LogP contribution in [0.25, 0.3) is 6.08 Å². The maximum absolute atomic E-state index is 12.2. The summed E-state index contributed by atoms with van der Waals surface area (Å²) in [6, 6.07) is 16.7. The van der Waals surface area contributed by atoms with Crippen LogP contribution in [0.5, 0.6) is 5.75 Å². The van der Waals surface area contributed by atoms with Crippen molar-refractivity contribution in [3.8, 4) is 11.8 Å². The number of nitriles is 1. The summed E-state index contributed by atoms with van der Waals surface area (Å²) in [5.41, 5.74) is 2.52. The lowest BCUT2D eigenvalue weighted by Crippen LogP contribution is -2.13. The average Bonchev–Trinajstić information content (AvgIpc) is 2.53. The third-order valence-electron chi connectivity index (χ3n) is 3.20. The molecule has 2 rings (SSSR count). The van der Waals surface area contributed by atoms with Crippen LogP contribution < -0.4 is 10.1 Å². The number of nitrogens with one attached hydrogen (secondary N) is 1. The minimum atomic E-state index is -0.425. The molecule has 24 heavy (non-hydrogen) atoms. The van der Waals surface area contributed by atoms with Crippen molar-refractivity contribution in [2.45, 2.75) is 26.9 Å². The lowest BCUT2D eigenvalue weighted by atomic mass is 10.1. The smallest absolute Gasteiger partial charge is 0.266 e. The van der Waals surface area contributed by atoms with Crippen molar-refractivity contribution in [1.82, 2.24) is 0 Å². The summed E-state index contributed by atoms with van der Waals surface area (Å²) in [6.07, 6.45) is 1.66. The first kappa shape index (κ1) is 17.3. The predicted molar refractivity (Wildman–Crippen MR) is 95.6 cm³/mol. The van der Waals surface area contributed by atoms with E-state index in [4.69, 9.17) is 4.74 Å². The summed E-state index contributed by atoms with van der Waals surface area (Å²) >= 11 is 0. The van der Waals surface area contributed by atoms with Gasteiger partial charge in [0.2, 0.25) is 0 Å². The summed E-state index contributed by atoms with van der Waals surface area (Å²) in [6.45, 7) is 5.85. The Balaban J connectivity index is 2.13. The number of hydrogen-bond donors (Lipinski definition) is 1. The summed E-state index contributed by atoms with van der Waals surface area (Å²) in [5, 5.41) is 12.0. The van der Waals surface area contributed by atoms with Crippen molar-refractivity contribution >= 4 is 17.7 Å². The molecule has 4 nitrogen and oxygen atoms in total. The first-order valence-corrected chi connectivity index (χ1v) is 7.74. The number of rotatable bonds is 5. The minimum Gasteiger partial charge on any atom is -0.491 e. The Morgan fingerprint density at radius 1 is 1.21 bits per heavy atom. The molecule has 2 aromatic rings. The Morgan fingerprint density at radius 3 is 2.50 bits per heavy atom. The van der Waals surface area contributed by atoms with E-state index in [-0.39, 0.29) is 11.7 Å². The Kier molecular flexibility index (Phi) is 5.75. The highest BCUT2D eigenvalue weighted by Crippen LogP contribution is 2.17. The molecule has 0 bridgehead atoms. The van der Waals surface area contributed by atoms with Crippen LogP contribution in [0.15, 0.2) is 54.1 Å². The Labute approximate surface area is 142 Å². The molecular formula is C20H20N2O2. The SMILES string of the molecule is Cc1cccc(NC(=O)/C(C#N)=C\c2ccc(OC(C)C)cc2)c1. The second-order valence-electron chi connectivity index (χ2n) is 5.73. The van der Waals surface area contributed by atoms with E-state index >= 15 is 0 Å². The van der Waals surface area contributed by atoms with Crippen LogP contribution in [-0.2, 0) is 4.79 Å². The fourth-order valence-electron chi connectivity index (χ4n) is 2.15. The average molecular weight is 320 g/mol. The molecular weight excluding hydrogens is 300 g/mol. The normalized spacial score (nSPS) is 11.0. The van der Waals surface area contributed by atoms with Gasteiger partial charge in [-0.25, -0.2) is 0 Å². The van der Waals surface area contributed by atoms with Crippen LogP contribution in [0.1, 0.15) is 25.0 Å². The highest BCUT2D eigenvalue weighted by molar-refractivity contribution is 6.09. The summed E-state index contributed by atoms with van der Waals surface area (Å²) in [7, 11) is 0. The first-order valence-electron chi connectivity index (χ1n) is 7.74. The minimum absolute atomic E-state index is 0.0500. The van der Waals surface area contributed by atoms with Crippen LogP contribution in [0, 0.1) is 18.3 Å². The molecule has 0 aliphatic heterocycles. The van der Waals surface area contributed by atoms with Crippen molar-refractivity contribution in [2.24, 2.45) is 0 Å². The third kappa shape index (κ3) is 4.99. The topological polar surface area (TPSA) is 62.1 Å². The van der Waals surface area contributed by atoms with E-state index in [9.17, 15) is 10.1 Å². The van der Waals surface area contributed by atoms with Gasteiger partial charge in [-0.3, -0.25) is 4.79 Å². The Morgan fingerprint density at radius 2 is 1.92 bits per heavy atom. The van der Waals surface area contributed by atoms with Crippen LogP contribution in [-0.4, -0.2) is 12.0 Å². The van der Waals surface area contributed by atoms with Crippen molar-refractivity contribution in [2.75, 3.05) is 5.32 Å². The second kappa shape index (κ2) is 7.98. The van der Waals surface area contributed by atoms with Gasteiger partial charge in [0.1, 0.15) is 17.4 Å². The lowest BCUT2D eigenvalue weighted by Gasteiger charge is -2.09. The highest BCUT2D eigenvalue weighted by Gasteiger charge is 2.09. The fourth-order valence-corrected chi connectivity index (χ4v) is 2.15. The van der Waals surface area contributed by atoms with E-state index < -0.39 is 5.91 Å². The molecule has 1 N–H and O–H groups in total. The van der Waals surface area contributed by atoms with Crippen molar-refractivity contribution in [1.29, 1.82) is 5.26 Å². The van der Waals surface area contributed by atoms with Gasteiger partial charge in [-0.05, 0) is 62.2 Å². The van der Waals surface area contributed by atoms with Crippen molar-refractivity contribution < 1.29 is 9.53 Å². The lowest BCUT2D eigenvalue weighted by molar-refractivity contribution is -0.112. The molecule has 0 spiro atoms. The van der Waals surface area contributed by atoms with Gasteiger partial charge in [0.15, 0.2) is 0 Å². The maximum Gasteiger partial charge on any atom is 0.266 e. The number of nitrogens with zero attached hydrogens (tertiary/aromatic N) is 1. The maximum atomic E-state index is 12.2. The van der Waals surface area contributed by atoms with E-state index in [0.717, 1.165) is 16.9 Å². The zero-order valence-corrected chi connectivity index (χ0v) is 14.0. The molecule has 0 heterocycles. The summed E-state index contributed by atoms with van der Waals surface area (Å²) < 4.78 is 5.57. The Hall–Kier alpha value is -3.06. The molecule has 0 saturated carbocycles. The second-order valence-corrected chi connectivity index (χ2v) is 5.73. The molecule has 122 valence electrons. The van der Waals surface area contributed by atoms with E-state index in [1.165, 1.54) is 0 Å². The van der Waals surface area contributed by atoms with Gasteiger partial charge in [-0.2, -0.15) is 5.26 Å². The van der Waals surface area contributed by atoms with E-state index in [1.54, 1.807) is 12.1 Å². The van der Waals surface area contributed by atoms with Crippen LogP contribution in [0.2, 0.25) is 0 Å². The molecule has 0 aliphatic carbocycles. The van der Waals surface area contributed by atoms with Crippen LogP contribution >= 0.6 is 0 Å². The summed E-state index contributed by atoms with van der Waals surface area (Å²) in [5.74, 6) is 0.329. The number of carbonyl (C=O) groups is 1. The zero-order valence-electron chi connectivity index (χ0n) is 14.0. The van der Waals surface area contributed by atoms with E-state index in [1.807, 2.05) is 69.3 Å². The first-order chi connectivity index (χ1) is 11.5. The molecule has 0 saturated heterocycles. The molecule has 0 atom stereocenters. The molecule has 0 aliphatic rings. The zero-order chi connectivity index (χ0) is 17.5. The highest BCUT2D eigenvalue weighted by atomic mass is 16.5. The number of benzene rings is 2. The Bertz CT molecular complexity index is 784. The standard InChI is InChI=1S/C20H20N2O2/c1-14(2)24-19-9-7-16(8-10-19)12-17(13-21)20(23)22-18-6-4-5-15(3)11-18/h4-12,14H,1-3H3,(H,22,23)/b17-12-. The number of amides is 1. The van der Waals surface area contributed by atoms with Gasteiger partial charge in [0, 0.05) is 5.69 Å². The van der Waals surface area contributed by atoms with Gasteiger partial charge >= 0.3 is 0 Å². The number of anilines is 1. The molecule has 0 unspecified atom stereocenters. The largest absolute Gasteiger partial charge is 0.491 e. The quantitative estimate of drug-likeness (QED) is 0.659. The molecule has 1 amide bonds. The number of ether oxygens (including phenoxy) is 1. The van der Waals surface area contributed by atoms with Gasteiger partial charge in [-0.15, -0.1) is 0 Å². The van der Waals surface area contributed by atoms with Crippen molar-refractivity contribution in [3.05, 3.63) is 65.2 Å². The van der Waals surface area contributed by atoms with Crippen LogP contribution in [0.4, 0.5) is 5.69 Å². The molecule has 0 radical (unpaired) electrons. The third-order valence-corrected chi connectivity index (χ3v) is 3.20. The number of hydrogen-bond acceptors (Lipinski definition) is 3. The summed E-state index contributed by atoms with van der Waals surface area (Å²) in [4.78, 5) is 12.2. The fraction of sp³-hybridized carbons (Fsp3) is 0.200. The molecule has 2 aromatic carbocycles. The van der Waals surface area contributed by atoms with Crippen molar-refractivity contribution in [3.63, 3.8) is 0 Å². The van der Waals surface area contributed by atoms with Gasteiger partial charge < -0.3 is 10.1 Å². The molecule has 4 heteroatoms. The van der Waals surface area contributed by atoms with Gasteiger partial charge in [0.05, 0.1) is 6.10 Å². The van der Waals surface area contributed by atoms with Gasteiger partial charge in [-0.1, -0.05) is 24.3 Å². The predicted octanol–water partition coefficient (Wildman–Crippen LogP) is 4.33. The molecule has 0 fully saturated rings. The van der Waals surface area contributed by atoms with E-state index in [2.05, 4.69) is 5.32 Å².